The van der Waals surface area contributed by atoms with Crippen molar-refractivity contribution < 1.29 is 9.90 Å². The zero-order valence-corrected chi connectivity index (χ0v) is 8.47. The standard InChI is InChI=1S/C10H19NO2/c1-3-8(2)10(9(12)13)4-6-11-7-5-10/h8,11H,3-7H2,1-2H3,(H,12,13). The molecule has 0 aromatic rings. The van der Waals surface area contributed by atoms with E-state index in [1.807, 2.05) is 0 Å². The summed E-state index contributed by atoms with van der Waals surface area (Å²) in [5.41, 5.74) is -0.458. The first kappa shape index (κ1) is 10.5. The van der Waals surface area contributed by atoms with Crippen LogP contribution in [0.1, 0.15) is 33.1 Å². The predicted octanol–water partition coefficient (Wildman–Crippen LogP) is 1.49. The fourth-order valence-corrected chi connectivity index (χ4v) is 2.18. The third-order valence-electron chi connectivity index (χ3n) is 3.48. The highest BCUT2D eigenvalue weighted by Crippen LogP contribution is 2.38. The van der Waals surface area contributed by atoms with Crippen LogP contribution in [0, 0.1) is 11.3 Å². The summed E-state index contributed by atoms with van der Waals surface area (Å²) in [7, 11) is 0. The van der Waals surface area contributed by atoms with E-state index in [2.05, 4.69) is 19.2 Å². The molecule has 13 heavy (non-hydrogen) atoms. The Morgan fingerprint density at radius 2 is 2.08 bits per heavy atom. The van der Waals surface area contributed by atoms with Gasteiger partial charge in [-0.3, -0.25) is 4.79 Å². The molecule has 3 nitrogen and oxygen atoms in total. The lowest BCUT2D eigenvalue weighted by Crippen LogP contribution is -2.46. The number of nitrogens with one attached hydrogen (secondary N) is 1. The molecule has 0 aromatic carbocycles. The van der Waals surface area contributed by atoms with Gasteiger partial charge in [-0.25, -0.2) is 0 Å². The van der Waals surface area contributed by atoms with Crippen molar-refractivity contribution in [2.75, 3.05) is 13.1 Å². The molecule has 1 heterocycles. The molecule has 0 amide bonds. The number of carboxylic acid groups (broad SMARTS) is 1. The molecule has 1 saturated heterocycles. The van der Waals surface area contributed by atoms with Gasteiger partial charge in [0, 0.05) is 0 Å². The maximum Gasteiger partial charge on any atom is 0.310 e. The van der Waals surface area contributed by atoms with E-state index in [1.165, 1.54) is 0 Å². The normalized spacial score (nSPS) is 23.8. The molecule has 76 valence electrons. The van der Waals surface area contributed by atoms with Crippen molar-refractivity contribution in [2.45, 2.75) is 33.1 Å². The summed E-state index contributed by atoms with van der Waals surface area (Å²) in [5, 5.41) is 12.5. The first-order chi connectivity index (χ1) is 6.13. The van der Waals surface area contributed by atoms with E-state index in [1.54, 1.807) is 0 Å². The first-order valence-corrected chi connectivity index (χ1v) is 5.07. The Kier molecular flexibility index (Phi) is 3.31. The van der Waals surface area contributed by atoms with Crippen LogP contribution in [0.15, 0.2) is 0 Å². The number of aliphatic carboxylic acids is 1. The summed E-state index contributed by atoms with van der Waals surface area (Å²) in [6.45, 7) is 5.81. The molecule has 1 aliphatic heterocycles. The van der Waals surface area contributed by atoms with Crippen molar-refractivity contribution >= 4 is 5.97 Å². The van der Waals surface area contributed by atoms with Crippen LogP contribution in [0.4, 0.5) is 0 Å². The van der Waals surface area contributed by atoms with Gasteiger partial charge < -0.3 is 10.4 Å². The van der Waals surface area contributed by atoms with Crippen LogP contribution in [-0.2, 0) is 4.79 Å². The minimum absolute atomic E-state index is 0.284. The van der Waals surface area contributed by atoms with E-state index in [0.717, 1.165) is 32.4 Å². The molecule has 0 saturated carbocycles. The van der Waals surface area contributed by atoms with Gasteiger partial charge in [0.15, 0.2) is 0 Å². The lowest BCUT2D eigenvalue weighted by atomic mass is 9.69. The Hall–Kier alpha value is -0.570. The Balaban J connectivity index is 2.78. The van der Waals surface area contributed by atoms with Crippen molar-refractivity contribution in [1.82, 2.24) is 5.32 Å². The lowest BCUT2D eigenvalue weighted by molar-refractivity contribution is -0.154. The smallest absolute Gasteiger partial charge is 0.310 e. The van der Waals surface area contributed by atoms with Gasteiger partial charge in [-0.15, -0.1) is 0 Å². The third kappa shape index (κ3) is 1.85. The van der Waals surface area contributed by atoms with Crippen molar-refractivity contribution in [3.05, 3.63) is 0 Å². The summed E-state index contributed by atoms with van der Waals surface area (Å²) in [6, 6.07) is 0. The van der Waals surface area contributed by atoms with Crippen LogP contribution < -0.4 is 5.32 Å². The highest BCUT2D eigenvalue weighted by Gasteiger charge is 2.43. The molecule has 2 N–H and O–H groups in total. The van der Waals surface area contributed by atoms with Gasteiger partial charge in [0.2, 0.25) is 0 Å². The van der Waals surface area contributed by atoms with E-state index in [9.17, 15) is 9.90 Å². The Morgan fingerprint density at radius 3 is 2.46 bits per heavy atom. The van der Waals surface area contributed by atoms with Crippen molar-refractivity contribution in [1.29, 1.82) is 0 Å². The SMILES string of the molecule is CCC(C)C1(C(=O)O)CCNCC1. The van der Waals surface area contributed by atoms with Gasteiger partial charge in [-0.1, -0.05) is 20.3 Å². The summed E-state index contributed by atoms with van der Waals surface area (Å²) >= 11 is 0. The minimum Gasteiger partial charge on any atom is -0.481 e. The van der Waals surface area contributed by atoms with Gasteiger partial charge in [-0.2, -0.15) is 0 Å². The minimum atomic E-state index is -0.608. The fraction of sp³-hybridized carbons (Fsp3) is 0.900. The van der Waals surface area contributed by atoms with Gasteiger partial charge in [0.1, 0.15) is 0 Å². The average molecular weight is 185 g/mol. The van der Waals surface area contributed by atoms with E-state index < -0.39 is 11.4 Å². The molecule has 0 bridgehead atoms. The summed E-state index contributed by atoms with van der Waals surface area (Å²) in [4.78, 5) is 11.2. The van der Waals surface area contributed by atoms with E-state index in [-0.39, 0.29) is 5.92 Å². The third-order valence-corrected chi connectivity index (χ3v) is 3.48. The molecule has 0 radical (unpaired) electrons. The van der Waals surface area contributed by atoms with Crippen LogP contribution >= 0.6 is 0 Å². The molecule has 1 rings (SSSR count). The van der Waals surface area contributed by atoms with Gasteiger partial charge in [0.25, 0.3) is 0 Å². The largest absolute Gasteiger partial charge is 0.481 e. The van der Waals surface area contributed by atoms with Crippen molar-refractivity contribution in [2.24, 2.45) is 11.3 Å². The predicted molar refractivity (Wildman–Crippen MR) is 51.6 cm³/mol. The number of hydrogen-bond acceptors (Lipinski definition) is 2. The quantitative estimate of drug-likeness (QED) is 0.700. The van der Waals surface area contributed by atoms with Crippen molar-refractivity contribution in [3.8, 4) is 0 Å². The maximum atomic E-state index is 11.2. The average Bonchev–Trinajstić information content (AvgIpc) is 2.17. The number of hydrogen-bond donors (Lipinski definition) is 2. The number of rotatable bonds is 3. The van der Waals surface area contributed by atoms with Crippen LogP contribution in [0.3, 0.4) is 0 Å². The molecule has 0 spiro atoms. The van der Waals surface area contributed by atoms with E-state index in [0.29, 0.717) is 0 Å². The van der Waals surface area contributed by atoms with E-state index >= 15 is 0 Å². The van der Waals surface area contributed by atoms with Gasteiger partial charge in [0.05, 0.1) is 5.41 Å². The number of carbonyl (C=O) groups is 1. The van der Waals surface area contributed by atoms with Crippen LogP contribution in [0.2, 0.25) is 0 Å². The van der Waals surface area contributed by atoms with Crippen LogP contribution in [0.25, 0.3) is 0 Å². The monoisotopic (exact) mass is 185 g/mol. The Bertz CT molecular complexity index is 185. The topological polar surface area (TPSA) is 49.3 Å². The second-order valence-electron chi connectivity index (χ2n) is 4.02. The molecule has 0 aromatic heterocycles. The van der Waals surface area contributed by atoms with Crippen LogP contribution in [0.5, 0.6) is 0 Å². The number of carboxylic acids is 1. The number of piperidine rings is 1. The van der Waals surface area contributed by atoms with Gasteiger partial charge >= 0.3 is 5.97 Å². The van der Waals surface area contributed by atoms with E-state index in [4.69, 9.17) is 0 Å². The Labute approximate surface area is 79.5 Å². The molecule has 3 heteroatoms. The summed E-state index contributed by atoms with van der Waals surface area (Å²) < 4.78 is 0. The second-order valence-corrected chi connectivity index (χ2v) is 4.02. The highest BCUT2D eigenvalue weighted by atomic mass is 16.4. The fourth-order valence-electron chi connectivity index (χ4n) is 2.18. The second kappa shape index (κ2) is 4.09. The molecule has 1 fully saturated rings. The highest BCUT2D eigenvalue weighted by molar-refractivity contribution is 5.75. The van der Waals surface area contributed by atoms with Crippen LogP contribution in [-0.4, -0.2) is 24.2 Å². The molecule has 1 unspecified atom stereocenters. The summed E-state index contributed by atoms with van der Waals surface area (Å²) in [6.07, 6.45) is 2.50. The molecule has 1 aliphatic rings. The lowest BCUT2D eigenvalue weighted by Gasteiger charge is -2.38. The Morgan fingerprint density at radius 1 is 1.54 bits per heavy atom. The van der Waals surface area contributed by atoms with Gasteiger partial charge in [-0.05, 0) is 31.8 Å². The summed E-state index contributed by atoms with van der Waals surface area (Å²) in [5.74, 6) is -0.324. The maximum absolute atomic E-state index is 11.2. The molecular formula is C10H19NO2. The molecular weight excluding hydrogens is 166 g/mol. The zero-order valence-electron chi connectivity index (χ0n) is 8.47. The first-order valence-electron chi connectivity index (χ1n) is 5.07. The molecule has 0 aliphatic carbocycles. The zero-order chi connectivity index (χ0) is 9.90. The van der Waals surface area contributed by atoms with Crippen molar-refractivity contribution in [3.63, 3.8) is 0 Å². The molecule has 1 atom stereocenters.